The van der Waals surface area contributed by atoms with Crippen LogP contribution >= 0.6 is 0 Å². The van der Waals surface area contributed by atoms with Crippen molar-refractivity contribution in [2.24, 2.45) is 0 Å². The van der Waals surface area contributed by atoms with E-state index in [1.165, 1.54) is 5.56 Å². The number of nitrogens with zero attached hydrogens (tertiary/aromatic N) is 3. The van der Waals surface area contributed by atoms with Gasteiger partial charge in [-0.1, -0.05) is 60.7 Å². The maximum atomic E-state index is 13.1. The molecule has 0 aliphatic carbocycles. The van der Waals surface area contributed by atoms with E-state index in [4.69, 9.17) is 0 Å². The fourth-order valence-electron chi connectivity index (χ4n) is 4.26. The first-order valence-corrected chi connectivity index (χ1v) is 10.0. The average molecular weight is 377 g/mol. The van der Waals surface area contributed by atoms with Gasteiger partial charge in [0.2, 0.25) is 11.8 Å². The molecule has 5 nitrogen and oxygen atoms in total. The molecular weight excluding hydrogens is 350 g/mol. The lowest BCUT2D eigenvalue weighted by Crippen LogP contribution is -2.69. The topological polar surface area (TPSA) is 43.9 Å². The Hall–Kier alpha value is -2.66. The van der Waals surface area contributed by atoms with Crippen LogP contribution in [-0.2, 0) is 22.4 Å². The standard InChI is InChI=1S/C23H27N3O2/c1-24-20(16-19-10-6-3-7-11-19)23(28)26-15-14-25(17-21(26)22(24)27)13-12-18-8-4-2-5-9-18/h2-11,20-21H,12-17H2,1H3/t20-,21+/m0/s1. The number of hydrogen-bond donors (Lipinski definition) is 0. The first kappa shape index (κ1) is 18.7. The molecule has 0 spiro atoms. The largest absolute Gasteiger partial charge is 0.332 e. The summed E-state index contributed by atoms with van der Waals surface area (Å²) in [6, 6.07) is 19.6. The highest BCUT2D eigenvalue weighted by Crippen LogP contribution is 2.23. The van der Waals surface area contributed by atoms with Crippen LogP contribution in [0.2, 0.25) is 0 Å². The van der Waals surface area contributed by atoms with Gasteiger partial charge in [-0.05, 0) is 17.5 Å². The SMILES string of the molecule is CN1C(=O)[C@H]2CN(CCc3ccccc3)CCN2C(=O)[C@@H]1Cc1ccccc1. The minimum atomic E-state index is -0.401. The van der Waals surface area contributed by atoms with Crippen molar-refractivity contribution in [3.63, 3.8) is 0 Å². The maximum Gasteiger partial charge on any atom is 0.247 e. The lowest BCUT2D eigenvalue weighted by atomic mass is 9.97. The van der Waals surface area contributed by atoms with Crippen molar-refractivity contribution in [3.05, 3.63) is 71.8 Å². The number of carbonyl (C=O) groups is 2. The Morgan fingerprint density at radius 2 is 1.50 bits per heavy atom. The summed E-state index contributed by atoms with van der Waals surface area (Å²) in [7, 11) is 1.77. The second-order valence-electron chi connectivity index (χ2n) is 7.74. The van der Waals surface area contributed by atoms with E-state index in [-0.39, 0.29) is 17.9 Å². The number of benzene rings is 2. The van der Waals surface area contributed by atoms with Gasteiger partial charge in [0.05, 0.1) is 0 Å². The van der Waals surface area contributed by atoms with Crippen molar-refractivity contribution in [2.75, 3.05) is 33.2 Å². The predicted octanol–water partition coefficient (Wildman–Crippen LogP) is 1.83. The van der Waals surface area contributed by atoms with Crippen molar-refractivity contribution in [3.8, 4) is 0 Å². The minimum Gasteiger partial charge on any atom is -0.332 e. The fraction of sp³-hybridized carbons (Fsp3) is 0.391. The molecule has 2 heterocycles. The smallest absolute Gasteiger partial charge is 0.247 e. The van der Waals surface area contributed by atoms with Gasteiger partial charge in [0.15, 0.2) is 0 Å². The Bertz CT molecular complexity index is 824. The molecule has 2 saturated heterocycles. The summed E-state index contributed by atoms with van der Waals surface area (Å²) in [5.74, 6) is 0.142. The number of piperazine rings is 2. The molecule has 4 rings (SSSR count). The molecule has 0 unspecified atom stereocenters. The van der Waals surface area contributed by atoms with Crippen molar-refractivity contribution in [2.45, 2.75) is 24.9 Å². The number of fused-ring (bicyclic) bond motifs is 1. The minimum absolute atomic E-state index is 0.0601. The molecule has 146 valence electrons. The lowest BCUT2D eigenvalue weighted by molar-refractivity contribution is -0.163. The molecule has 2 fully saturated rings. The van der Waals surface area contributed by atoms with Crippen LogP contribution in [0.25, 0.3) is 0 Å². The monoisotopic (exact) mass is 377 g/mol. The Morgan fingerprint density at radius 1 is 0.857 bits per heavy atom. The van der Waals surface area contributed by atoms with Crippen LogP contribution in [0.15, 0.2) is 60.7 Å². The van der Waals surface area contributed by atoms with Crippen LogP contribution in [0.5, 0.6) is 0 Å². The maximum absolute atomic E-state index is 13.1. The van der Waals surface area contributed by atoms with Gasteiger partial charge in [-0.25, -0.2) is 0 Å². The van der Waals surface area contributed by atoms with Gasteiger partial charge < -0.3 is 9.80 Å². The van der Waals surface area contributed by atoms with E-state index in [0.29, 0.717) is 19.5 Å². The third-order valence-electron chi connectivity index (χ3n) is 5.96. The van der Waals surface area contributed by atoms with Gasteiger partial charge in [-0.3, -0.25) is 14.5 Å². The highest BCUT2D eigenvalue weighted by Gasteiger charge is 2.46. The number of hydrogen-bond acceptors (Lipinski definition) is 3. The summed E-state index contributed by atoms with van der Waals surface area (Å²) >= 11 is 0. The molecule has 0 aromatic heterocycles. The summed E-state index contributed by atoms with van der Waals surface area (Å²) in [6.45, 7) is 2.99. The van der Waals surface area contributed by atoms with E-state index >= 15 is 0 Å². The predicted molar refractivity (Wildman–Crippen MR) is 109 cm³/mol. The summed E-state index contributed by atoms with van der Waals surface area (Å²) in [4.78, 5) is 31.9. The van der Waals surface area contributed by atoms with Gasteiger partial charge in [0.1, 0.15) is 12.1 Å². The Morgan fingerprint density at radius 3 is 2.18 bits per heavy atom. The van der Waals surface area contributed by atoms with Gasteiger partial charge in [-0.2, -0.15) is 0 Å². The van der Waals surface area contributed by atoms with E-state index in [1.807, 2.05) is 41.3 Å². The molecule has 0 saturated carbocycles. The molecule has 0 N–H and O–H groups in total. The van der Waals surface area contributed by atoms with Crippen molar-refractivity contribution < 1.29 is 9.59 Å². The van der Waals surface area contributed by atoms with E-state index in [0.717, 1.165) is 25.1 Å². The number of carbonyl (C=O) groups excluding carboxylic acids is 2. The van der Waals surface area contributed by atoms with Crippen molar-refractivity contribution in [1.29, 1.82) is 0 Å². The van der Waals surface area contributed by atoms with Crippen molar-refractivity contribution >= 4 is 11.8 Å². The third-order valence-corrected chi connectivity index (χ3v) is 5.96. The second kappa shape index (κ2) is 8.15. The van der Waals surface area contributed by atoms with Gasteiger partial charge in [0.25, 0.3) is 0 Å². The fourth-order valence-corrected chi connectivity index (χ4v) is 4.26. The summed E-state index contributed by atoms with van der Waals surface area (Å²) in [5.41, 5.74) is 2.39. The zero-order chi connectivity index (χ0) is 19.5. The van der Waals surface area contributed by atoms with Crippen molar-refractivity contribution in [1.82, 2.24) is 14.7 Å². The van der Waals surface area contributed by atoms with Crippen LogP contribution in [-0.4, -0.2) is 71.8 Å². The van der Waals surface area contributed by atoms with Gasteiger partial charge in [0, 0.05) is 39.6 Å². The molecule has 2 aliphatic rings. The quantitative estimate of drug-likeness (QED) is 0.799. The normalized spacial score (nSPS) is 23.0. The van der Waals surface area contributed by atoms with Crippen LogP contribution in [0.1, 0.15) is 11.1 Å². The van der Waals surface area contributed by atoms with Crippen LogP contribution in [0, 0.1) is 0 Å². The zero-order valence-electron chi connectivity index (χ0n) is 16.3. The van der Waals surface area contributed by atoms with Crippen LogP contribution in [0.4, 0.5) is 0 Å². The lowest BCUT2D eigenvalue weighted by Gasteiger charge is -2.48. The average Bonchev–Trinajstić information content (AvgIpc) is 2.75. The molecule has 2 atom stereocenters. The highest BCUT2D eigenvalue weighted by atomic mass is 16.2. The molecule has 2 aromatic rings. The molecule has 2 amide bonds. The van der Waals surface area contributed by atoms with E-state index < -0.39 is 6.04 Å². The zero-order valence-corrected chi connectivity index (χ0v) is 16.3. The highest BCUT2D eigenvalue weighted by molar-refractivity contribution is 5.97. The van der Waals surface area contributed by atoms with Crippen LogP contribution in [0.3, 0.4) is 0 Å². The van der Waals surface area contributed by atoms with Gasteiger partial charge in [-0.15, -0.1) is 0 Å². The Labute approximate surface area is 166 Å². The van der Waals surface area contributed by atoms with E-state index in [1.54, 1.807) is 11.9 Å². The Balaban J connectivity index is 1.41. The molecule has 0 radical (unpaired) electrons. The Kier molecular flexibility index (Phi) is 5.44. The first-order chi connectivity index (χ1) is 13.6. The summed E-state index contributed by atoms with van der Waals surface area (Å²) < 4.78 is 0. The molecule has 2 aliphatic heterocycles. The molecular formula is C23H27N3O2. The molecule has 2 aromatic carbocycles. The molecule has 5 heteroatoms. The molecule has 28 heavy (non-hydrogen) atoms. The second-order valence-corrected chi connectivity index (χ2v) is 7.74. The number of rotatable bonds is 5. The molecule has 0 bridgehead atoms. The third kappa shape index (κ3) is 3.80. The van der Waals surface area contributed by atoms with Crippen LogP contribution < -0.4 is 0 Å². The first-order valence-electron chi connectivity index (χ1n) is 10.0. The van der Waals surface area contributed by atoms with E-state index in [9.17, 15) is 9.59 Å². The summed E-state index contributed by atoms with van der Waals surface area (Å²) in [6.07, 6.45) is 1.53. The van der Waals surface area contributed by atoms with E-state index in [2.05, 4.69) is 29.2 Å². The number of amides is 2. The van der Waals surface area contributed by atoms with Gasteiger partial charge >= 0.3 is 0 Å². The number of likely N-dealkylation sites (N-methyl/N-ethyl adjacent to an activating group) is 1. The summed E-state index contributed by atoms with van der Waals surface area (Å²) in [5, 5.41) is 0.